The molecule has 31 heavy (non-hydrogen) atoms. The Labute approximate surface area is 182 Å². The summed E-state index contributed by atoms with van der Waals surface area (Å²) in [6, 6.07) is 8.28. The van der Waals surface area contributed by atoms with Crippen molar-refractivity contribution in [3.8, 4) is 11.8 Å². The van der Waals surface area contributed by atoms with Gasteiger partial charge in [-0.1, -0.05) is 30.4 Å². The molecule has 0 radical (unpaired) electrons. The minimum absolute atomic E-state index is 0.169. The van der Waals surface area contributed by atoms with Gasteiger partial charge in [0.25, 0.3) is 0 Å². The van der Waals surface area contributed by atoms with Crippen LogP contribution in [-0.4, -0.2) is 19.1 Å². The van der Waals surface area contributed by atoms with Gasteiger partial charge >= 0.3 is 6.36 Å². The molecule has 0 aromatic heterocycles. The van der Waals surface area contributed by atoms with E-state index in [2.05, 4.69) is 10.8 Å². The van der Waals surface area contributed by atoms with E-state index in [1.807, 2.05) is 12.1 Å². The zero-order valence-corrected chi connectivity index (χ0v) is 17.7. The van der Waals surface area contributed by atoms with Crippen LogP contribution in [0, 0.1) is 23.2 Å². The van der Waals surface area contributed by atoms with Gasteiger partial charge in [-0.15, -0.1) is 13.2 Å². The molecule has 2 aliphatic rings. The fourth-order valence-corrected chi connectivity index (χ4v) is 4.64. The molecule has 0 heterocycles. The lowest BCUT2D eigenvalue weighted by molar-refractivity contribution is -0.274. The van der Waals surface area contributed by atoms with Gasteiger partial charge in [-0.3, -0.25) is 0 Å². The fourth-order valence-electron chi connectivity index (χ4n) is 4.64. The second-order valence-electron chi connectivity index (χ2n) is 8.58. The highest BCUT2D eigenvalue weighted by molar-refractivity contribution is 5.30. The van der Waals surface area contributed by atoms with E-state index in [-0.39, 0.29) is 11.9 Å². The summed E-state index contributed by atoms with van der Waals surface area (Å²) in [6.07, 6.45) is 11.8. The van der Waals surface area contributed by atoms with Crippen molar-refractivity contribution < 1.29 is 22.6 Å². The number of benzene rings is 1. The zero-order chi connectivity index (χ0) is 22.1. The number of allylic oxidation sites excluding steroid dienone is 4. The SMILES string of the molecule is N#C/C=C/C=C/C1CCC(COC2CCC(c3ccc(OC(F)(F)F)cc3)CC2)CC1. The van der Waals surface area contributed by atoms with E-state index in [0.29, 0.717) is 17.8 Å². The summed E-state index contributed by atoms with van der Waals surface area (Å²) in [5.74, 6) is 1.43. The zero-order valence-electron chi connectivity index (χ0n) is 17.7. The molecule has 168 valence electrons. The molecule has 0 amide bonds. The van der Waals surface area contributed by atoms with Gasteiger partial charge in [-0.25, -0.2) is 0 Å². The number of nitrogens with zero attached hydrogens (tertiary/aromatic N) is 1. The summed E-state index contributed by atoms with van der Waals surface area (Å²) in [4.78, 5) is 0. The van der Waals surface area contributed by atoms with E-state index in [4.69, 9.17) is 10.00 Å². The third kappa shape index (κ3) is 8.06. The second-order valence-corrected chi connectivity index (χ2v) is 8.58. The van der Waals surface area contributed by atoms with Crippen LogP contribution in [0.2, 0.25) is 0 Å². The van der Waals surface area contributed by atoms with Crippen LogP contribution in [0.15, 0.2) is 48.6 Å². The Morgan fingerprint density at radius 1 is 0.935 bits per heavy atom. The lowest BCUT2D eigenvalue weighted by Crippen LogP contribution is -2.25. The van der Waals surface area contributed by atoms with E-state index in [9.17, 15) is 13.2 Å². The van der Waals surface area contributed by atoms with Gasteiger partial charge in [0.15, 0.2) is 0 Å². The first-order valence-electron chi connectivity index (χ1n) is 11.1. The fraction of sp³-hybridized carbons (Fsp3) is 0.560. The number of hydrogen-bond donors (Lipinski definition) is 0. The third-order valence-corrected chi connectivity index (χ3v) is 6.38. The lowest BCUT2D eigenvalue weighted by atomic mass is 9.81. The lowest BCUT2D eigenvalue weighted by Gasteiger charge is -2.32. The first kappa shape index (κ1) is 23.4. The van der Waals surface area contributed by atoms with Crippen LogP contribution in [0.3, 0.4) is 0 Å². The molecule has 1 aromatic carbocycles. The number of hydrogen-bond acceptors (Lipinski definition) is 3. The van der Waals surface area contributed by atoms with Crippen molar-refractivity contribution in [2.75, 3.05) is 6.61 Å². The second kappa shape index (κ2) is 11.4. The summed E-state index contributed by atoms with van der Waals surface area (Å²) in [5.41, 5.74) is 1.07. The molecule has 1 aromatic rings. The maximum atomic E-state index is 12.3. The average Bonchev–Trinajstić information content (AvgIpc) is 2.76. The summed E-state index contributed by atoms with van der Waals surface area (Å²) in [7, 11) is 0. The minimum atomic E-state index is -4.65. The van der Waals surface area contributed by atoms with Gasteiger partial charge < -0.3 is 9.47 Å². The predicted octanol–water partition coefficient (Wildman–Crippen LogP) is 7.07. The topological polar surface area (TPSA) is 42.2 Å². The van der Waals surface area contributed by atoms with Crippen molar-refractivity contribution in [1.82, 2.24) is 0 Å². The molecule has 3 rings (SSSR count). The molecule has 0 N–H and O–H groups in total. The molecule has 0 atom stereocenters. The van der Waals surface area contributed by atoms with Gasteiger partial charge in [0.05, 0.1) is 12.2 Å². The number of alkyl halides is 3. The van der Waals surface area contributed by atoms with E-state index < -0.39 is 6.36 Å². The molecule has 2 fully saturated rings. The molecule has 6 heteroatoms. The standard InChI is InChI=1S/C25H30F3NO2/c26-25(27,28)31-24-15-11-22(12-16-24)21-9-13-23(14-10-21)30-18-20-7-5-19(6-8-20)4-2-1-3-17-29/h1-4,11-12,15-16,19-21,23H,5-10,13-14,18H2/b3-1+,4-2+. The molecule has 2 aliphatic carbocycles. The molecule has 3 nitrogen and oxygen atoms in total. The minimum Gasteiger partial charge on any atom is -0.406 e. The van der Waals surface area contributed by atoms with Crippen LogP contribution in [-0.2, 0) is 4.74 Å². The van der Waals surface area contributed by atoms with Crippen LogP contribution < -0.4 is 4.74 Å². The number of rotatable bonds is 7. The van der Waals surface area contributed by atoms with Gasteiger partial charge in [-0.2, -0.15) is 5.26 Å². The van der Waals surface area contributed by atoms with Crippen molar-refractivity contribution in [1.29, 1.82) is 5.26 Å². The molecule has 0 saturated heterocycles. The van der Waals surface area contributed by atoms with Crippen LogP contribution in [0.4, 0.5) is 13.2 Å². The van der Waals surface area contributed by atoms with Gasteiger partial charge in [-0.05, 0) is 86.8 Å². The molecule has 0 spiro atoms. The Kier molecular flexibility index (Phi) is 8.60. The van der Waals surface area contributed by atoms with E-state index in [1.165, 1.54) is 43.9 Å². The summed E-state index contributed by atoms with van der Waals surface area (Å²) >= 11 is 0. The maximum absolute atomic E-state index is 12.3. The predicted molar refractivity (Wildman–Crippen MR) is 113 cm³/mol. The highest BCUT2D eigenvalue weighted by Crippen LogP contribution is 2.36. The Hall–Kier alpha value is -2.26. The molecule has 0 aliphatic heterocycles. The molecule has 2 saturated carbocycles. The summed E-state index contributed by atoms with van der Waals surface area (Å²) < 4.78 is 47.0. The van der Waals surface area contributed by atoms with E-state index >= 15 is 0 Å². The van der Waals surface area contributed by atoms with Crippen molar-refractivity contribution in [2.24, 2.45) is 11.8 Å². The van der Waals surface area contributed by atoms with Crippen molar-refractivity contribution >= 4 is 0 Å². The molecule has 0 bridgehead atoms. The summed E-state index contributed by atoms with van der Waals surface area (Å²) in [6.45, 7) is 0.823. The van der Waals surface area contributed by atoms with Crippen LogP contribution in [0.1, 0.15) is 62.8 Å². The first-order chi connectivity index (χ1) is 14.9. The number of nitriles is 1. The average molecular weight is 434 g/mol. The van der Waals surface area contributed by atoms with Crippen molar-refractivity contribution in [3.05, 3.63) is 54.1 Å². The Bertz CT molecular complexity index is 763. The van der Waals surface area contributed by atoms with Crippen LogP contribution in [0.5, 0.6) is 5.75 Å². The van der Waals surface area contributed by atoms with Gasteiger partial charge in [0, 0.05) is 12.7 Å². The third-order valence-electron chi connectivity index (χ3n) is 6.38. The number of halogens is 3. The smallest absolute Gasteiger partial charge is 0.406 e. The Balaban J connectivity index is 1.34. The summed E-state index contributed by atoms with van der Waals surface area (Å²) in [5, 5.41) is 8.50. The van der Waals surface area contributed by atoms with Gasteiger partial charge in [0.2, 0.25) is 0 Å². The van der Waals surface area contributed by atoms with E-state index in [0.717, 1.165) is 37.9 Å². The Morgan fingerprint density at radius 2 is 1.61 bits per heavy atom. The largest absolute Gasteiger partial charge is 0.573 e. The van der Waals surface area contributed by atoms with Crippen molar-refractivity contribution in [3.63, 3.8) is 0 Å². The highest BCUT2D eigenvalue weighted by Gasteiger charge is 2.31. The monoisotopic (exact) mass is 433 g/mol. The maximum Gasteiger partial charge on any atom is 0.573 e. The quantitative estimate of drug-likeness (QED) is 0.341. The van der Waals surface area contributed by atoms with Crippen LogP contribution >= 0.6 is 0 Å². The highest BCUT2D eigenvalue weighted by atomic mass is 19.4. The number of ether oxygens (including phenoxy) is 2. The van der Waals surface area contributed by atoms with Crippen molar-refractivity contribution in [2.45, 2.75) is 69.8 Å². The van der Waals surface area contributed by atoms with E-state index in [1.54, 1.807) is 18.2 Å². The molecular formula is C25H30F3NO2. The first-order valence-corrected chi connectivity index (χ1v) is 11.1. The molecule has 0 unspecified atom stereocenters. The molecular weight excluding hydrogens is 403 g/mol. The van der Waals surface area contributed by atoms with Crippen LogP contribution in [0.25, 0.3) is 0 Å². The Morgan fingerprint density at radius 3 is 2.23 bits per heavy atom. The van der Waals surface area contributed by atoms with Gasteiger partial charge in [0.1, 0.15) is 5.75 Å². The normalized spacial score (nSPS) is 27.4.